The zero-order valence-electron chi connectivity index (χ0n) is 16.0. The van der Waals surface area contributed by atoms with Gasteiger partial charge in [0.25, 0.3) is 11.8 Å². The molecule has 154 valence electrons. The summed E-state index contributed by atoms with van der Waals surface area (Å²) in [5.74, 6) is -1.16. The molecule has 0 saturated carbocycles. The number of rotatable bonds is 4. The molecule has 0 aliphatic carbocycles. The van der Waals surface area contributed by atoms with Gasteiger partial charge in [-0.1, -0.05) is 42.5 Å². The van der Waals surface area contributed by atoms with Crippen LogP contribution < -0.4 is 10.9 Å². The van der Waals surface area contributed by atoms with Crippen molar-refractivity contribution in [2.75, 3.05) is 6.54 Å². The van der Waals surface area contributed by atoms with E-state index < -0.39 is 27.9 Å². The second-order valence-electron chi connectivity index (χ2n) is 6.92. The number of hydrazine groups is 1. The predicted molar refractivity (Wildman–Crippen MR) is 111 cm³/mol. The summed E-state index contributed by atoms with van der Waals surface area (Å²) in [5, 5.41) is 0.894. The fraction of sp³-hybridized carbons (Fsp3) is 0.190. The zero-order valence-corrected chi connectivity index (χ0v) is 16.8. The van der Waals surface area contributed by atoms with Gasteiger partial charge in [-0.25, -0.2) is 13.4 Å². The molecule has 2 heterocycles. The molecule has 1 saturated heterocycles. The number of amides is 2. The van der Waals surface area contributed by atoms with Crippen molar-refractivity contribution in [2.24, 2.45) is 0 Å². The minimum absolute atomic E-state index is 0.133. The fourth-order valence-corrected chi connectivity index (χ4v) is 5.15. The van der Waals surface area contributed by atoms with Crippen molar-refractivity contribution in [1.29, 1.82) is 0 Å². The third-order valence-corrected chi connectivity index (χ3v) is 6.91. The average molecular weight is 424 g/mol. The van der Waals surface area contributed by atoms with Crippen LogP contribution in [0.3, 0.4) is 0 Å². The van der Waals surface area contributed by atoms with Crippen LogP contribution in [0.25, 0.3) is 10.9 Å². The van der Waals surface area contributed by atoms with Crippen LogP contribution in [0.15, 0.2) is 71.6 Å². The molecule has 0 bridgehead atoms. The number of carbonyl (C=O) groups is 2. The van der Waals surface area contributed by atoms with Gasteiger partial charge < -0.3 is 0 Å². The van der Waals surface area contributed by atoms with Crippen molar-refractivity contribution in [1.82, 2.24) is 20.1 Å². The first-order valence-corrected chi connectivity index (χ1v) is 10.9. The van der Waals surface area contributed by atoms with E-state index in [-0.39, 0.29) is 17.1 Å². The second-order valence-corrected chi connectivity index (χ2v) is 8.81. The summed E-state index contributed by atoms with van der Waals surface area (Å²) in [4.78, 5) is 29.4. The highest BCUT2D eigenvalue weighted by atomic mass is 32.2. The number of pyridine rings is 1. The molecule has 1 atom stereocenters. The lowest BCUT2D eigenvalue weighted by Crippen LogP contribution is -2.51. The molecule has 3 aromatic rings. The van der Waals surface area contributed by atoms with E-state index in [9.17, 15) is 18.0 Å². The normalized spacial score (nSPS) is 17.0. The molecule has 30 heavy (non-hydrogen) atoms. The fourth-order valence-electron chi connectivity index (χ4n) is 3.48. The summed E-state index contributed by atoms with van der Waals surface area (Å²) in [5.41, 5.74) is 5.48. The highest BCUT2D eigenvalue weighted by Gasteiger charge is 2.39. The quantitative estimate of drug-likeness (QED) is 0.622. The van der Waals surface area contributed by atoms with E-state index >= 15 is 0 Å². The van der Waals surface area contributed by atoms with Crippen LogP contribution in [0.5, 0.6) is 0 Å². The highest BCUT2D eigenvalue weighted by Crippen LogP contribution is 2.26. The Bertz CT molecular complexity index is 1200. The number of hydrogen-bond acceptors (Lipinski definition) is 5. The lowest BCUT2D eigenvalue weighted by Gasteiger charge is -2.23. The number of nitrogens with one attached hydrogen (secondary N) is 2. The van der Waals surface area contributed by atoms with Crippen molar-refractivity contribution in [3.63, 3.8) is 0 Å². The van der Waals surface area contributed by atoms with Gasteiger partial charge >= 0.3 is 0 Å². The SMILES string of the molecule is O=C(NNC(=O)[C@@H]1CCCN1S(=O)(=O)c1ccccc1)c1ccc2ccccc2n1. The lowest BCUT2D eigenvalue weighted by molar-refractivity contribution is -0.125. The maximum atomic E-state index is 12.9. The molecular formula is C21H20N4O4S. The summed E-state index contributed by atoms with van der Waals surface area (Å²) in [7, 11) is -3.80. The second kappa shape index (κ2) is 8.21. The van der Waals surface area contributed by atoms with E-state index in [1.54, 1.807) is 36.4 Å². The molecule has 0 radical (unpaired) electrons. The third kappa shape index (κ3) is 3.89. The van der Waals surface area contributed by atoms with Gasteiger partial charge in [-0.3, -0.25) is 20.4 Å². The van der Waals surface area contributed by atoms with E-state index in [4.69, 9.17) is 0 Å². The van der Waals surface area contributed by atoms with Gasteiger partial charge in [0, 0.05) is 11.9 Å². The average Bonchev–Trinajstić information content (AvgIpc) is 3.28. The number of benzene rings is 2. The number of carbonyl (C=O) groups excluding carboxylic acids is 2. The minimum Gasteiger partial charge on any atom is -0.271 e. The van der Waals surface area contributed by atoms with Gasteiger partial charge in [-0.05, 0) is 37.1 Å². The Morgan fingerprint density at radius 2 is 1.67 bits per heavy atom. The molecule has 0 spiro atoms. The number of nitrogens with zero attached hydrogens (tertiary/aromatic N) is 2. The molecular weight excluding hydrogens is 404 g/mol. The van der Waals surface area contributed by atoms with Crippen LogP contribution in [0.4, 0.5) is 0 Å². The van der Waals surface area contributed by atoms with Crippen LogP contribution in [0.1, 0.15) is 23.3 Å². The molecule has 4 rings (SSSR count). The molecule has 0 unspecified atom stereocenters. The van der Waals surface area contributed by atoms with Crippen LogP contribution >= 0.6 is 0 Å². The highest BCUT2D eigenvalue weighted by molar-refractivity contribution is 7.89. The first-order valence-electron chi connectivity index (χ1n) is 9.50. The number of hydrogen-bond donors (Lipinski definition) is 2. The standard InChI is InChI=1S/C21H20N4O4S/c26-20(18-13-12-15-7-4-5-10-17(15)22-18)23-24-21(27)19-11-6-14-25(19)30(28,29)16-8-2-1-3-9-16/h1-5,7-10,12-13,19H,6,11,14H2,(H,23,26)(H,24,27)/t19-/m0/s1. The van der Waals surface area contributed by atoms with Gasteiger partial charge in [-0.15, -0.1) is 0 Å². The Morgan fingerprint density at radius 3 is 2.47 bits per heavy atom. The summed E-state index contributed by atoms with van der Waals surface area (Å²) in [6, 6.07) is 17.8. The minimum atomic E-state index is -3.80. The molecule has 1 aliphatic rings. The van der Waals surface area contributed by atoms with Gasteiger partial charge in [0.2, 0.25) is 10.0 Å². The topological polar surface area (TPSA) is 108 Å². The Morgan fingerprint density at radius 1 is 0.933 bits per heavy atom. The van der Waals surface area contributed by atoms with Crippen molar-refractivity contribution < 1.29 is 18.0 Å². The van der Waals surface area contributed by atoms with Crippen LogP contribution in [0, 0.1) is 0 Å². The monoisotopic (exact) mass is 424 g/mol. The number of fused-ring (bicyclic) bond motifs is 1. The first kappa shape index (κ1) is 20.0. The van der Waals surface area contributed by atoms with E-state index in [0.717, 1.165) is 5.39 Å². The molecule has 9 heteroatoms. The summed E-state index contributed by atoms with van der Waals surface area (Å²) in [6.45, 7) is 0.246. The van der Waals surface area contributed by atoms with Crippen molar-refractivity contribution in [2.45, 2.75) is 23.8 Å². The van der Waals surface area contributed by atoms with Gasteiger partial charge in [0.05, 0.1) is 10.4 Å². The number of para-hydroxylation sites is 1. The number of aromatic nitrogens is 1. The molecule has 8 nitrogen and oxygen atoms in total. The van der Waals surface area contributed by atoms with E-state index in [1.165, 1.54) is 16.4 Å². The predicted octanol–water partition coefficient (Wildman–Crippen LogP) is 1.85. The van der Waals surface area contributed by atoms with Crippen molar-refractivity contribution in [3.8, 4) is 0 Å². The van der Waals surface area contributed by atoms with E-state index in [2.05, 4.69) is 15.8 Å². The van der Waals surface area contributed by atoms with Gasteiger partial charge in [0.1, 0.15) is 11.7 Å². The molecule has 2 amide bonds. The summed E-state index contributed by atoms with van der Waals surface area (Å²) >= 11 is 0. The lowest BCUT2D eigenvalue weighted by atomic mass is 10.2. The summed E-state index contributed by atoms with van der Waals surface area (Å²) in [6.07, 6.45) is 0.937. The smallest absolute Gasteiger partial charge is 0.271 e. The Labute approximate surface area is 173 Å². The van der Waals surface area contributed by atoms with Crippen LogP contribution in [-0.2, 0) is 14.8 Å². The van der Waals surface area contributed by atoms with E-state index in [0.29, 0.717) is 18.4 Å². The maximum absolute atomic E-state index is 12.9. The Hall–Kier alpha value is -3.30. The summed E-state index contributed by atoms with van der Waals surface area (Å²) < 4.78 is 26.9. The van der Waals surface area contributed by atoms with Crippen LogP contribution in [-0.4, -0.2) is 42.1 Å². The largest absolute Gasteiger partial charge is 0.288 e. The molecule has 2 N–H and O–H groups in total. The Kier molecular flexibility index (Phi) is 5.47. The van der Waals surface area contributed by atoms with Gasteiger partial charge in [0.15, 0.2) is 0 Å². The zero-order chi connectivity index (χ0) is 21.1. The third-order valence-electron chi connectivity index (χ3n) is 4.99. The molecule has 1 aromatic heterocycles. The number of sulfonamides is 1. The first-order chi connectivity index (χ1) is 14.5. The molecule has 2 aromatic carbocycles. The van der Waals surface area contributed by atoms with Gasteiger partial charge in [-0.2, -0.15) is 4.31 Å². The molecule has 1 aliphatic heterocycles. The van der Waals surface area contributed by atoms with Crippen molar-refractivity contribution >= 4 is 32.7 Å². The maximum Gasteiger partial charge on any atom is 0.288 e. The van der Waals surface area contributed by atoms with Crippen molar-refractivity contribution in [3.05, 3.63) is 72.4 Å². The Balaban J connectivity index is 1.44. The van der Waals surface area contributed by atoms with Crippen LogP contribution in [0.2, 0.25) is 0 Å². The van der Waals surface area contributed by atoms with E-state index in [1.807, 2.05) is 18.2 Å². The molecule has 1 fully saturated rings.